The van der Waals surface area contributed by atoms with E-state index in [0.29, 0.717) is 13.2 Å². The molecule has 0 N–H and O–H groups in total. The van der Waals surface area contributed by atoms with Gasteiger partial charge in [0.1, 0.15) is 0 Å². The SMILES string of the molecule is CC(C)CCc1cccnc1.CC(C)CCc1cccnc1.CC(C)OCc1cccnc1.CC(C)OCc1cccnc1. The van der Waals surface area contributed by atoms with Gasteiger partial charge in [0.25, 0.3) is 0 Å². The van der Waals surface area contributed by atoms with Crippen LogP contribution < -0.4 is 0 Å². The van der Waals surface area contributed by atoms with Crippen molar-refractivity contribution in [3.05, 3.63) is 120 Å². The molecule has 0 fully saturated rings. The Bertz CT molecular complexity index is 967. The highest BCUT2D eigenvalue weighted by atomic mass is 16.5. The molecule has 0 atom stereocenters. The van der Waals surface area contributed by atoms with Crippen LogP contribution in [0.2, 0.25) is 0 Å². The summed E-state index contributed by atoms with van der Waals surface area (Å²) in [5.74, 6) is 1.57. The zero-order chi connectivity index (χ0) is 32.4. The van der Waals surface area contributed by atoms with E-state index in [4.69, 9.17) is 9.47 Å². The molecule has 0 amide bonds. The van der Waals surface area contributed by atoms with Crippen molar-refractivity contribution in [2.24, 2.45) is 11.8 Å². The number of ether oxygens (including phenoxy) is 2. The Morgan fingerprint density at radius 3 is 0.977 bits per heavy atom. The topological polar surface area (TPSA) is 70.0 Å². The third-order valence-electron chi connectivity index (χ3n) is 6.08. The van der Waals surface area contributed by atoms with E-state index in [-0.39, 0.29) is 12.2 Å². The maximum atomic E-state index is 5.39. The predicted octanol–water partition coefficient (Wildman–Crippen LogP) is 9.35. The van der Waals surface area contributed by atoms with Crippen LogP contribution in [-0.4, -0.2) is 32.1 Å². The van der Waals surface area contributed by atoms with Gasteiger partial charge in [-0.15, -0.1) is 0 Å². The molecular weight excluding hydrogens is 544 g/mol. The Morgan fingerprint density at radius 2 is 0.750 bits per heavy atom. The molecule has 6 heteroatoms. The van der Waals surface area contributed by atoms with E-state index in [1.807, 2.05) is 101 Å². The van der Waals surface area contributed by atoms with Crippen molar-refractivity contribution in [2.75, 3.05) is 0 Å². The van der Waals surface area contributed by atoms with Gasteiger partial charge in [-0.1, -0.05) is 52.0 Å². The minimum Gasteiger partial charge on any atom is -0.374 e. The molecule has 0 aromatic carbocycles. The lowest BCUT2D eigenvalue weighted by Gasteiger charge is -2.05. The van der Waals surface area contributed by atoms with Crippen LogP contribution in [0.25, 0.3) is 0 Å². The van der Waals surface area contributed by atoms with Gasteiger partial charge in [0, 0.05) is 49.6 Å². The number of nitrogens with zero attached hydrogens (tertiary/aromatic N) is 4. The monoisotopic (exact) mass is 600 g/mol. The number of hydrogen-bond acceptors (Lipinski definition) is 6. The lowest BCUT2D eigenvalue weighted by molar-refractivity contribution is 0.0654. The average molecular weight is 601 g/mol. The largest absolute Gasteiger partial charge is 0.374 e. The van der Waals surface area contributed by atoms with Crippen molar-refractivity contribution in [1.82, 2.24) is 19.9 Å². The van der Waals surface area contributed by atoms with Crippen molar-refractivity contribution in [1.29, 1.82) is 0 Å². The van der Waals surface area contributed by atoms with Crippen LogP contribution in [0.4, 0.5) is 0 Å². The molecule has 240 valence electrons. The van der Waals surface area contributed by atoms with Crippen LogP contribution in [0.15, 0.2) is 98.1 Å². The molecular formula is C38H56N4O2. The van der Waals surface area contributed by atoms with Crippen LogP contribution in [0.3, 0.4) is 0 Å². The normalized spacial score (nSPS) is 10.5. The van der Waals surface area contributed by atoms with Crippen molar-refractivity contribution >= 4 is 0 Å². The predicted molar refractivity (Wildman–Crippen MR) is 183 cm³/mol. The van der Waals surface area contributed by atoms with E-state index in [1.165, 1.54) is 24.0 Å². The first kappa shape index (κ1) is 38.5. The summed E-state index contributed by atoms with van der Waals surface area (Å²) in [7, 11) is 0. The second kappa shape index (κ2) is 24.9. The second-order valence-electron chi connectivity index (χ2n) is 12.0. The van der Waals surface area contributed by atoms with Gasteiger partial charge in [0.05, 0.1) is 25.4 Å². The van der Waals surface area contributed by atoms with E-state index in [1.54, 1.807) is 12.4 Å². The highest BCUT2D eigenvalue weighted by Gasteiger charge is 1.97. The molecule has 0 saturated carbocycles. The second-order valence-corrected chi connectivity index (χ2v) is 12.0. The molecule has 0 radical (unpaired) electrons. The summed E-state index contributed by atoms with van der Waals surface area (Å²) in [6.07, 6.45) is 20.1. The quantitative estimate of drug-likeness (QED) is 0.161. The van der Waals surface area contributed by atoms with E-state index < -0.39 is 0 Å². The zero-order valence-electron chi connectivity index (χ0n) is 28.4. The molecule has 4 aromatic heterocycles. The fourth-order valence-electron chi connectivity index (χ4n) is 3.50. The summed E-state index contributed by atoms with van der Waals surface area (Å²) in [6, 6.07) is 16.1. The summed E-state index contributed by atoms with van der Waals surface area (Å²) < 4.78 is 10.8. The van der Waals surface area contributed by atoms with Crippen molar-refractivity contribution in [3.63, 3.8) is 0 Å². The Balaban J connectivity index is 0.000000293. The summed E-state index contributed by atoms with van der Waals surface area (Å²) in [6.45, 7) is 18.4. The maximum absolute atomic E-state index is 5.39. The number of pyridine rings is 4. The highest BCUT2D eigenvalue weighted by Crippen LogP contribution is 2.08. The van der Waals surface area contributed by atoms with Gasteiger partial charge in [0.2, 0.25) is 0 Å². The van der Waals surface area contributed by atoms with Crippen LogP contribution in [0, 0.1) is 11.8 Å². The van der Waals surface area contributed by atoms with Gasteiger partial charge < -0.3 is 9.47 Å². The Hall–Kier alpha value is -3.48. The first-order valence-electron chi connectivity index (χ1n) is 15.9. The van der Waals surface area contributed by atoms with E-state index in [2.05, 4.69) is 59.8 Å². The van der Waals surface area contributed by atoms with Crippen molar-refractivity contribution in [3.8, 4) is 0 Å². The lowest BCUT2D eigenvalue weighted by atomic mass is 10.0. The molecule has 0 spiro atoms. The van der Waals surface area contributed by atoms with Gasteiger partial charge >= 0.3 is 0 Å². The molecule has 4 aromatic rings. The summed E-state index contributed by atoms with van der Waals surface area (Å²) in [5, 5.41) is 0. The minimum absolute atomic E-state index is 0.287. The summed E-state index contributed by atoms with van der Waals surface area (Å²) in [5.41, 5.74) is 4.95. The minimum atomic E-state index is 0.287. The Morgan fingerprint density at radius 1 is 0.455 bits per heavy atom. The van der Waals surface area contributed by atoms with Gasteiger partial charge in [0.15, 0.2) is 0 Å². The van der Waals surface area contributed by atoms with Crippen molar-refractivity contribution < 1.29 is 9.47 Å². The molecule has 0 bridgehead atoms. The molecule has 44 heavy (non-hydrogen) atoms. The van der Waals surface area contributed by atoms with Crippen LogP contribution >= 0.6 is 0 Å². The average Bonchev–Trinajstić information content (AvgIpc) is 3.04. The highest BCUT2D eigenvalue weighted by molar-refractivity contribution is 5.09. The van der Waals surface area contributed by atoms with Gasteiger partial charge in [-0.3, -0.25) is 19.9 Å². The number of rotatable bonds is 12. The lowest BCUT2D eigenvalue weighted by Crippen LogP contribution is -2.02. The first-order chi connectivity index (χ1) is 21.2. The molecule has 0 unspecified atom stereocenters. The van der Waals surface area contributed by atoms with Gasteiger partial charge in [-0.05, 0) is 112 Å². The first-order valence-corrected chi connectivity index (χ1v) is 15.9. The van der Waals surface area contributed by atoms with E-state index >= 15 is 0 Å². The molecule has 0 saturated heterocycles. The van der Waals surface area contributed by atoms with Crippen molar-refractivity contribution in [2.45, 2.75) is 106 Å². The molecule has 0 aliphatic carbocycles. The van der Waals surface area contributed by atoms with Gasteiger partial charge in [-0.25, -0.2) is 0 Å². The summed E-state index contributed by atoms with van der Waals surface area (Å²) >= 11 is 0. The standard InChI is InChI=1S/2C10H15N.2C9H13NO/c2*1-9(2)5-6-10-4-3-7-11-8-10;2*1-8(2)11-7-9-4-3-5-10-6-9/h2*3-4,7-9H,5-6H2,1-2H3;2*3-6,8H,7H2,1-2H3. The van der Waals surface area contributed by atoms with Gasteiger partial charge in [-0.2, -0.15) is 0 Å². The van der Waals surface area contributed by atoms with E-state index in [9.17, 15) is 0 Å². The number of aromatic nitrogens is 4. The number of hydrogen-bond donors (Lipinski definition) is 0. The fourth-order valence-corrected chi connectivity index (χ4v) is 3.50. The fraction of sp³-hybridized carbons (Fsp3) is 0.474. The van der Waals surface area contributed by atoms with E-state index in [0.717, 1.165) is 35.8 Å². The number of aryl methyl sites for hydroxylation is 2. The van der Waals surface area contributed by atoms with Crippen LogP contribution in [0.1, 0.15) is 90.5 Å². The van der Waals surface area contributed by atoms with Crippen LogP contribution in [0.5, 0.6) is 0 Å². The molecule has 0 aliphatic heterocycles. The van der Waals surface area contributed by atoms with Crippen LogP contribution in [-0.2, 0) is 35.5 Å². The zero-order valence-corrected chi connectivity index (χ0v) is 28.4. The molecule has 4 heterocycles. The third kappa shape index (κ3) is 23.0. The molecule has 4 rings (SSSR count). The summed E-state index contributed by atoms with van der Waals surface area (Å²) in [4.78, 5) is 16.1. The molecule has 6 nitrogen and oxygen atoms in total. The Kier molecular flexibility index (Phi) is 21.8. The smallest absolute Gasteiger partial charge is 0.0735 e. The Labute approximate surface area is 267 Å². The third-order valence-corrected chi connectivity index (χ3v) is 6.08. The maximum Gasteiger partial charge on any atom is 0.0735 e. The molecule has 0 aliphatic rings.